The Labute approximate surface area is 170 Å². The molecule has 5 nitrogen and oxygen atoms in total. The topological polar surface area (TPSA) is 66.9 Å². The third-order valence-electron chi connectivity index (χ3n) is 4.21. The second-order valence-electron chi connectivity index (χ2n) is 6.66. The van der Waals surface area contributed by atoms with Gasteiger partial charge in [0.2, 0.25) is 0 Å². The molecule has 0 atom stereocenters. The number of anilines is 1. The summed E-state index contributed by atoms with van der Waals surface area (Å²) in [5, 5.41) is 6.86. The van der Waals surface area contributed by atoms with Gasteiger partial charge in [-0.2, -0.15) is 0 Å². The number of carbonyl (C=O) groups excluding carboxylic acids is 1. The molecule has 0 bridgehead atoms. The maximum Gasteiger partial charge on any atom is 0.270 e. The molecule has 3 rings (SSSR count). The van der Waals surface area contributed by atoms with E-state index in [1.165, 1.54) is 5.56 Å². The Bertz CT molecular complexity index is 974. The van der Waals surface area contributed by atoms with Crippen LogP contribution in [0.1, 0.15) is 33.0 Å². The predicted molar refractivity (Wildman–Crippen MR) is 113 cm³/mol. The Morgan fingerprint density at radius 1 is 1.00 bits per heavy atom. The highest BCUT2D eigenvalue weighted by molar-refractivity contribution is 6.30. The van der Waals surface area contributed by atoms with Crippen LogP contribution in [0.2, 0.25) is 5.02 Å². The Hall–Kier alpha value is -2.92. The van der Waals surface area contributed by atoms with Gasteiger partial charge in [-0.25, -0.2) is 9.97 Å². The first-order valence-electron chi connectivity index (χ1n) is 9.17. The highest BCUT2D eigenvalue weighted by Crippen LogP contribution is 2.12. The molecule has 144 valence electrons. The SMILES string of the molecule is Cc1cccc(CNc2cc(C(=O)NCCc3cccc(Cl)c3)nc(C)n2)c1. The minimum atomic E-state index is -0.217. The molecule has 1 heterocycles. The van der Waals surface area contributed by atoms with Gasteiger partial charge >= 0.3 is 0 Å². The molecule has 0 spiro atoms. The van der Waals surface area contributed by atoms with Crippen LogP contribution >= 0.6 is 11.6 Å². The van der Waals surface area contributed by atoms with Gasteiger partial charge in [0.15, 0.2) is 0 Å². The van der Waals surface area contributed by atoms with Crippen LogP contribution in [-0.4, -0.2) is 22.4 Å². The van der Waals surface area contributed by atoms with Crippen LogP contribution in [0.4, 0.5) is 5.82 Å². The molecule has 0 saturated carbocycles. The Morgan fingerprint density at radius 3 is 2.57 bits per heavy atom. The van der Waals surface area contributed by atoms with Crippen LogP contribution in [0.3, 0.4) is 0 Å². The van der Waals surface area contributed by atoms with E-state index in [1.807, 2.05) is 30.3 Å². The van der Waals surface area contributed by atoms with Gasteiger partial charge in [-0.15, -0.1) is 0 Å². The van der Waals surface area contributed by atoms with Gasteiger partial charge in [0.25, 0.3) is 5.91 Å². The van der Waals surface area contributed by atoms with Crippen molar-refractivity contribution in [3.05, 3.63) is 87.8 Å². The lowest BCUT2D eigenvalue weighted by molar-refractivity contribution is 0.0949. The number of benzene rings is 2. The number of halogens is 1. The molecule has 1 amide bonds. The fraction of sp³-hybridized carbons (Fsp3) is 0.227. The van der Waals surface area contributed by atoms with Gasteiger partial charge in [0.1, 0.15) is 17.3 Å². The molecule has 1 aromatic heterocycles. The average molecular weight is 395 g/mol. The molecule has 6 heteroatoms. The second kappa shape index (κ2) is 9.33. The average Bonchev–Trinajstić information content (AvgIpc) is 2.66. The van der Waals surface area contributed by atoms with E-state index >= 15 is 0 Å². The number of nitrogens with one attached hydrogen (secondary N) is 2. The number of aryl methyl sites for hydroxylation is 2. The molecule has 3 aromatic rings. The highest BCUT2D eigenvalue weighted by atomic mass is 35.5. The Morgan fingerprint density at radius 2 is 1.79 bits per heavy atom. The molecule has 2 N–H and O–H groups in total. The minimum absolute atomic E-state index is 0.217. The van der Waals surface area contributed by atoms with E-state index in [4.69, 9.17) is 11.6 Å². The quantitative estimate of drug-likeness (QED) is 0.625. The van der Waals surface area contributed by atoms with Crippen molar-refractivity contribution in [2.75, 3.05) is 11.9 Å². The van der Waals surface area contributed by atoms with Crippen molar-refractivity contribution in [3.8, 4) is 0 Å². The first-order chi connectivity index (χ1) is 13.5. The lowest BCUT2D eigenvalue weighted by Gasteiger charge is -2.10. The van der Waals surface area contributed by atoms with Gasteiger partial charge < -0.3 is 10.6 Å². The van der Waals surface area contributed by atoms with Crippen LogP contribution < -0.4 is 10.6 Å². The lowest BCUT2D eigenvalue weighted by Crippen LogP contribution is -2.27. The van der Waals surface area contributed by atoms with E-state index in [-0.39, 0.29) is 5.91 Å². The maximum absolute atomic E-state index is 12.5. The molecule has 2 aromatic carbocycles. The fourth-order valence-corrected chi connectivity index (χ4v) is 3.11. The van der Waals surface area contributed by atoms with Crippen molar-refractivity contribution < 1.29 is 4.79 Å². The molecule has 0 fully saturated rings. The molecular weight excluding hydrogens is 372 g/mol. The summed E-state index contributed by atoms with van der Waals surface area (Å²) in [6, 6.07) is 17.5. The van der Waals surface area contributed by atoms with E-state index in [9.17, 15) is 4.79 Å². The Balaban J connectivity index is 1.59. The van der Waals surface area contributed by atoms with Gasteiger partial charge in [-0.05, 0) is 43.5 Å². The molecule has 0 aliphatic carbocycles. The van der Waals surface area contributed by atoms with E-state index in [1.54, 1.807) is 13.0 Å². The van der Waals surface area contributed by atoms with Crippen molar-refractivity contribution in [1.29, 1.82) is 0 Å². The van der Waals surface area contributed by atoms with Crippen molar-refractivity contribution in [1.82, 2.24) is 15.3 Å². The number of carbonyl (C=O) groups is 1. The summed E-state index contributed by atoms with van der Waals surface area (Å²) < 4.78 is 0. The smallest absolute Gasteiger partial charge is 0.270 e. The fourth-order valence-electron chi connectivity index (χ4n) is 2.89. The zero-order chi connectivity index (χ0) is 19.9. The largest absolute Gasteiger partial charge is 0.366 e. The monoisotopic (exact) mass is 394 g/mol. The van der Waals surface area contributed by atoms with Crippen molar-refractivity contribution in [3.63, 3.8) is 0 Å². The number of amides is 1. The number of nitrogens with zero attached hydrogens (tertiary/aromatic N) is 2. The summed E-state index contributed by atoms with van der Waals surface area (Å²) in [5.74, 6) is 0.967. The van der Waals surface area contributed by atoms with Crippen molar-refractivity contribution >= 4 is 23.3 Å². The number of aromatic nitrogens is 2. The van der Waals surface area contributed by atoms with Crippen LogP contribution in [0.5, 0.6) is 0 Å². The van der Waals surface area contributed by atoms with E-state index in [2.05, 4.69) is 45.7 Å². The molecule has 0 radical (unpaired) electrons. The van der Waals surface area contributed by atoms with E-state index in [0.717, 1.165) is 11.1 Å². The van der Waals surface area contributed by atoms with E-state index in [0.29, 0.717) is 41.9 Å². The van der Waals surface area contributed by atoms with Crippen molar-refractivity contribution in [2.45, 2.75) is 26.8 Å². The van der Waals surface area contributed by atoms with Crippen molar-refractivity contribution in [2.24, 2.45) is 0 Å². The minimum Gasteiger partial charge on any atom is -0.366 e. The number of hydrogen-bond acceptors (Lipinski definition) is 4. The molecule has 0 unspecified atom stereocenters. The van der Waals surface area contributed by atoms with Gasteiger partial charge in [0.05, 0.1) is 0 Å². The third-order valence-corrected chi connectivity index (χ3v) is 4.45. The summed E-state index contributed by atoms with van der Waals surface area (Å²) in [4.78, 5) is 21.1. The van der Waals surface area contributed by atoms with Crippen LogP contribution in [0, 0.1) is 13.8 Å². The molecule has 28 heavy (non-hydrogen) atoms. The highest BCUT2D eigenvalue weighted by Gasteiger charge is 2.10. The molecule has 0 saturated heterocycles. The zero-order valence-electron chi connectivity index (χ0n) is 16.0. The molecule has 0 aliphatic rings. The standard InChI is InChI=1S/C22H23ClN4O/c1-15-5-3-7-18(11-15)14-25-21-13-20(26-16(2)27-21)22(28)24-10-9-17-6-4-8-19(23)12-17/h3-8,11-13H,9-10,14H2,1-2H3,(H,24,28)(H,25,26,27). The summed E-state index contributed by atoms with van der Waals surface area (Å²) in [5.41, 5.74) is 3.79. The first-order valence-corrected chi connectivity index (χ1v) is 9.55. The van der Waals surface area contributed by atoms with E-state index < -0.39 is 0 Å². The molecule has 0 aliphatic heterocycles. The van der Waals surface area contributed by atoms with Gasteiger partial charge in [-0.1, -0.05) is 53.6 Å². The molecular formula is C22H23ClN4O. The summed E-state index contributed by atoms with van der Waals surface area (Å²) in [7, 11) is 0. The van der Waals surface area contributed by atoms with Gasteiger partial charge in [0, 0.05) is 24.2 Å². The normalized spacial score (nSPS) is 10.5. The third kappa shape index (κ3) is 5.79. The lowest BCUT2D eigenvalue weighted by atomic mass is 10.1. The zero-order valence-corrected chi connectivity index (χ0v) is 16.8. The number of rotatable bonds is 7. The van der Waals surface area contributed by atoms with Crippen LogP contribution in [0.25, 0.3) is 0 Å². The van der Waals surface area contributed by atoms with Crippen LogP contribution in [-0.2, 0) is 13.0 Å². The maximum atomic E-state index is 12.5. The summed E-state index contributed by atoms with van der Waals surface area (Å²) in [6.07, 6.45) is 0.703. The van der Waals surface area contributed by atoms with Gasteiger partial charge in [-0.3, -0.25) is 4.79 Å². The predicted octanol–water partition coefficient (Wildman–Crippen LogP) is 4.33. The Kier molecular flexibility index (Phi) is 6.61. The van der Waals surface area contributed by atoms with Crippen LogP contribution in [0.15, 0.2) is 54.6 Å². The number of hydrogen-bond donors (Lipinski definition) is 2. The summed E-state index contributed by atoms with van der Waals surface area (Å²) in [6.45, 7) is 4.98. The second-order valence-corrected chi connectivity index (χ2v) is 7.10. The first kappa shape index (κ1) is 19.8. The summed E-state index contributed by atoms with van der Waals surface area (Å²) >= 11 is 5.99.